The lowest BCUT2D eigenvalue weighted by Crippen LogP contribution is -2.31. The van der Waals surface area contributed by atoms with Gasteiger partial charge in [0.2, 0.25) is 21.7 Å². The summed E-state index contributed by atoms with van der Waals surface area (Å²) in [6, 6.07) is 41.7. The van der Waals surface area contributed by atoms with Crippen molar-refractivity contribution in [2.24, 2.45) is 5.92 Å². The lowest BCUT2D eigenvalue weighted by molar-refractivity contribution is -0.122. The standard InChI is InChI=1S/C32H25N3O7S.C31H24N2O6/c1-20-17-29(36)35(32(20)39)25-13-9-21(10-14-25)30(37)33-23-5-3-7-27(18-23)43(40,41)28-8-4-6-24(19-28)34-31(38)22-11-15-26(42-2)16-12-22;1-18-14-28(35)33(30(18)37)26-12-10-20(11-13-26)29(36)32-25-4-3-5-27(17-25)39-31(38)24-9-8-22-15-21(19(2)34)6-7-23(22)16-24/h3-16,18-19H,1,17H2,2H3,(H,33,37)(H,34,38);3-5,7-13,15-17,21H,1,6,14H2,2H3,(H,32,36). The smallest absolute Gasteiger partial charge is 0.343 e. The number of nitrogens with zero attached hydrogens (tertiary/aromatic N) is 2. The molecule has 7 amide bonds. The highest BCUT2D eigenvalue weighted by Gasteiger charge is 2.35. The SMILES string of the molecule is C=C1CC(=O)N(c2ccc(C(=O)Nc3cccc(OC(=O)c4ccc5c(c4)=CCC(C(C)=O)C=5)c3)cc2)C1=O.C=C1CC(=O)N(c2ccc(C(=O)Nc3cccc(S(=O)(=O)c4cccc(NC(=O)c5ccc(OC)cc5)c4)c3)cc2)C1=O. The number of Topliss-reactive ketones (excluding diaryl/α,β-unsaturated/α-hetero) is 1. The number of anilines is 5. The molecule has 1 aliphatic carbocycles. The Hall–Kier alpha value is -10.7. The number of carbonyl (C=O) groups is 9. The summed E-state index contributed by atoms with van der Waals surface area (Å²) in [4.78, 5) is 113. The van der Waals surface area contributed by atoms with Crippen LogP contribution < -0.4 is 45.7 Å². The number of fused-ring (bicyclic) bond motifs is 1. The van der Waals surface area contributed by atoms with Crippen LogP contribution in [0.5, 0.6) is 11.5 Å². The van der Waals surface area contributed by atoms with E-state index in [0.717, 1.165) is 20.2 Å². The molecule has 3 N–H and O–H groups in total. The Kier molecular flexibility index (Phi) is 16.2. The van der Waals surface area contributed by atoms with Gasteiger partial charge in [-0.3, -0.25) is 38.4 Å². The first-order chi connectivity index (χ1) is 39.3. The highest BCUT2D eigenvalue weighted by atomic mass is 32.2. The normalized spacial score (nSPS) is 14.6. The number of amides is 7. The number of imide groups is 2. The van der Waals surface area contributed by atoms with Gasteiger partial charge in [-0.05, 0) is 157 Å². The van der Waals surface area contributed by atoms with Gasteiger partial charge in [0.1, 0.15) is 17.3 Å². The van der Waals surface area contributed by atoms with E-state index in [1.165, 1.54) is 98.1 Å². The number of hydrogen-bond acceptors (Lipinski definition) is 13. The molecule has 0 aromatic heterocycles. The highest BCUT2D eigenvalue weighted by molar-refractivity contribution is 7.91. The number of esters is 1. The number of hydrogen-bond donors (Lipinski definition) is 3. The van der Waals surface area contributed by atoms with Gasteiger partial charge in [-0.15, -0.1) is 0 Å². The van der Waals surface area contributed by atoms with Crippen molar-refractivity contribution in [3.63, 3.8) is 0 Å². The molecule has 10 rings (SSSR count). The molecular formula is C63H49N5O13S. The molecular weight excluding hydrogens is 1070 g/mol. The molecule has 19 heteroatoms. The molecule has 410 valence electrons. The molecule has 0 bridgehead atoms. The third-order valence-corrected chi connectivity index (χ3v) is 15.0. The number of rotatable bonds is 14. The Morgan fingerprint density at radius 1 is 0.524 bits per heavy atom. The molecule has 2 saturated heterocycles. The molecule has 7 aromatic rings. The minimum absolute atomic E-state index is 0.0208. The van der Waals surface area contributed by atoms with Crippen LogP contribution in [-0.4, -0.2) is 68.6 Å². The van der Waals surface area contributed by atoms with Gasteiger partial charge in [-0.2, -0.15) is 0 Å². The zero-order valence-corrected chi connectivity index (χ0v) is 44.8. The van der Waals surface area contributed by atoms with Crippen molar-refractivity contribution in [3.05, 3.63) is 221 Å². The van der Waals surface area contributed by atoms with E-state index < -0.39 is 51.2 Å². The van der Waals surface area contributed by atoms with Gasteiger partial charge in [-0.25, -0.2) is 23.0 Å². The number of carbonyl (C=O) groups excluding carboxylic acids is 9. The van der Waals surface area contributed by atoms with Gasteiger partial charge in [-0.1, -0.05) is 49.6 Å². The summed E-state index contributed by atoms with van der Waals surface area (Å²) in [6.07, 6.45) is 4.37. The van der Waals surface area contributed by atoms with E-state index in [9.17, 15) is 51.6 Å². The first-order valence-electron chi connectivity index (χ1n) is 25.2. The van der Waals surface area contributed by atoms with E-state index in [-0.39, 0.29) is 74.1 Å². The van der Waals surface area contributed by atoms with E-state index in [0.29, 0.717) is 45.9 Å². The van der Waals surface area contributed by atoms with Crippen LogP contribution in [0, 0.1) is 5.92 Å². The Morgan fingerprint density at radius 2 is 0.963 bits per heavy atom. The van der Waals surface area contributed by atoms with Crippen molar-refractivity contribution in [1.29, 1.82) is 0 Å². The molecule has 18 nitrogen and oxygen atoms in total. The fraction of sp³-hybridized carbons (Fsp3) is 0.0952. The van der Waals surface area contributed by atoms with E-state index >= 15 is 0 Å². The van der Waals surface area contributed by atoms with Crippen LogP contribution in [0.3, 0.4) is 0 Å². The average Bonchev–Trinajstić information content (AvgIpc) is 4.04. The van der Waals surface area contributed by atoms with E-state index in [1.807, 2.05) is 12.2 Å². The molecule has 2 fully saturated rings. The summed E-state index contributed by atoms with van der Waals surface area (Å²) in [5, 5.41) is 9.89. The minimum Gasteiger partial charge on any atom is -0.497 e. The Morgan fingerprint density at radius 3 is 1.40 bits per heavy atom. The lowest BCUT2D eigenvalue weighted by atomic mass is 9.94. The largest absolute Gasteiger partial charge is 0.497 e. The van der Waals surface area contributed by atoms with Crippen LogP contribution in [0.15, 0.2) is 198 Å². The van der Waals surface area contributed by atoms with Gasteiger partial charge < -0.3 is 25.4 Å². The van der Waals surface area contributed by atoms with Gasteiger partial charge in [0.25, 0.3) is 29.5 Å². The molecule has 1 atom stereocenters. The maximum Gasteiger partial charge on any atom is 0.343 e. The van der Waals surface area contributed by atoms with Crippen molar-refractivity contribution in [2.75, 3.05) is 32.9 Å². The zero-order valence-electron chi connectivity index (χ0n) is 44.0. The van der Waals surface area contributed by atoms with Crippen LogP contribution >= 0.6 is 0 Å². The molecule has 3 aliphatic rings. The fourth-order valence-electron chi connectivity index (χ4n) is 8.89. The van der Waals surface area contributed by atoms with Crippen LogP contribution in [0.25, 0.3) is 12.2 Å². The predicted molar refractivity (Wildman–Crippen MR) is 305 cm³/mol. The van der Waals surface area contributed by atoms with Crippen LogP contribution in [0.4, 0.5) is 28.4 Å². The van der Waals surface area contributed by atoms with Gasteiger partial charge in [0.15, 0.2) is 0 Å². The lowest BCUT2D eigenvalue weighted by Gasteiger charge is -2.14. The maximum absolute atomic E-state index is 13.5. The van der Waals surface area contributed by atoms with Crippen LogP contribution in [0.2, 0.25) is 0 Å². The van der Waals surface area contributed by atoms with Gasteiger partial charge >= 0.3 is 5.97 Å². The molecule has 2 heterocycles. The first-order valence-corrected chi connectivity index (χ1v) is 26.7. The highest BCUT2D eigenvalue weighted by Crippen LogP contribution is 2.30. The number of ether oxygens (including phenoxy) is 2. The Bertz CT molecular complexity index is 4100. The van der Waals surface area contributed by atoms with Crippen molar-refractivity contribution >= 4 is 104 Å². The average molecular weight is 1120 g/mol. The number of nitrogens with one attached hydrogen (secondary N) is 3. The van der Waals surface area contributed by atoms with Crippen molar-refractivity contribution in [2.45, 2.75) is 36.0 Å². The molecule has 1 unspecified atom stereocenters. The minimum atomic E-state index is -4.02. The summed E-state index contributed by atoms with van der Waals surface area (Å²) >= 11 is 0. The molecule has 7 aromatic carbocycles. The number of sulfone groups is 1. The number of benzene rings is 7. The third kappa shape index (κ3) is 12.4. The summed E-state index contributed by atoms with van der Waals surface area (Å²) in [5.74, 6) is -2.78. The van der Waals surface area contributed by atoms with Crippen LogP contribution in [0.1, 0.15) is 67.6 Å². The monoisotopic (exact) mass is 1120 g/mol. The fourth-order valence-corrected chi connectivity index (χ4v) is 10.2. The Labute approximate surface area is 469 Å². The summed E-state index contributed by atoms with van der Waals surface area (Å²) in [6.45, 7) is 8.76. The van der Waals surface area contributed by atoms with E-state index in [1.54, 1.807) is 79.7 Å². The van der Waals surface area contributed by atoms with Gasteiger partial charge in [0.05, 0.1) is 46.7 Å². The predicted octanol–water partition coefficient (Wildman–Crippen LogP) is 8.00. The number of ketones is 1. The van der Waals surface area contributed by atoms with Crippen molar-refractivity contribution in [3.8, 4) is 11.5 Å². The van der Waals surface area contributed by atoms with Gasteiger partial charge in [0, 0.05) is 56.9 Å². The molecule has 0 spiro atoms. The molecule has 0 radical (unpaired) electrons. The second-order valence-electron chi connectivity index (χ2n) is 19.0. The maximum atomic E-state index is 13.5. The quantitative estimate of drug-likeness (QED) is 0.0405. The number of methoxy groups -OCH3 is 1. The topological polar surface area (TPSA) is 249 Å². The molecule has 0 saturated carbocycles. The zero-order chi connectivity index (χ0) is 58.4. The second-order valence-corrected chi connectivity index (χ2v) is 20.9. The van der Waals surface area contributed by atoms with E-state index in [2.05, 4.69) is 29.1 Å². The second kappa shape index (κ2) is 23.7. The van der Waals surface area contributed by atoms with Crippen LogP contribution in [-0.2, 0) is 33.8 Å². The van der Waals surface area contributed by atoms with Crippen molar-refractivity contribution < 1.29 is 61.0 Å². The first kappa shape index (κ1) is 56.1. The van der Waals surface area contributed by atoms with Crippen molar-refractivity contribution in [1.82, 2.24) is 0 Å². The molecule has 2 aliphatic heterocycles. The summed E-state index contributed by atoms with van der Waals surface area (Å²) in [7, 11) is -2.50. The summed E-state index contributed by atoms with van der Waals surface area (Å²) < 4.78 is 37.5. The third-order valence-electron chi connectivity index (χ3n) is 13.3. The summed E-state index contributed by atoms with van der Waals surface area (Å²) in [5.41, 5.74) is 3.34. The molecule has 82 heavy (non-hydrogen) atoms. The van der Waals surface area contributed by atoms with E-state index in [4.69, 9.17) is 9.47 Å². The Balaban J connectivity index is 0.000000198.